The lowest BCUT2D eigenvalue weighted by atomic mass is 9.92. The van der Waals surface area contributed by atoms with Gasteiger partial charge in [-0.25, -0.2) is 4.39 Å². The molecule has 1 unspecified atom stereocenters. The van der Waals surface area contributed by atoms with Crippen molar-refractivity contribution in [3.63, 3.8) is 0 Å². The summed E-state index contributed by atoms with van der Waals surface area (Å²) in [5.74, 6) is -0.818. The molecule has 0 saturated carbocycles. The molecule has 1 aromatic heterocycles. The minimum absolute atomic E-state index is 0.276. The van der Waals surface area contributed by atoms with Crippen molar-refractivity contribution in [2.75, 3.05) is 20.2 Å². The van der Waals surface area contributed by atoms with Crippen LogP contribution in [-0.2, 0) is 4.79 Å². The highest BCUT2D eigenvalue weighted by molar-refractivity contribution is 5.70. The van der Waals surface area contributed by atoms with E-state index in [4.69, 9.17) is 4.74 Å². The molecule has 1 aliphatic heterocycles. The monoisotopic (exact) mass is 344 g/mol. The van der Waals surface area contributed by atoms with Gasteiger partial charge in [-0.15, -0.1) is 0 Å². The summed E-state index contributed by atoms with van der Waals surface area (Å²) in [5.41, 5.74) is 1.50. The van der Waals surface area contributed by atoms with Crippen LogP contribution in [-0.4, -0.2) is 41.2 Å². The van der Waals surface area contributed by atoms with E-state index in [0.29, 0.717) is 37.2 Å². The van der Waals surface area contributed by atoms with Crippen LogP contribution in [0.2, 0.25) is 0 Å². The minimum atomic E-state index is -0.752. The van der Waals surface area contributed by atoms with Gasteiger partial charge in [0.25, 0.3) is 0 Å². The molecule has 3 rings (SSSR count). The first-order valence-corrected chi connectivity index (χ1v) is 8.31. The molecule has 1 saturated heterocycles. The second-order valence-corrected chi connectivity index (χ2v) is 6.19. The van der Waals surface area contributed by atoms with E-state index in [1.54, 1.807) is 19.4 Å². The van der Waals surface area contributed by atoms with Crippen molar-refractivity contribution in [2.45, 2.75) is 18.9 Å². The molecule has 6 heteroatoms. The summed E-state index contributed by atoms with van der Waals surface area (Å²) in [6.45, 7) is 1.22. The number of benzene rings is 1. The number of pyridine rings is 1. The third-order valence-corrected chi connectivity index (χ3v) is 4.70. The van der Waals surface area contributed by atoms with Gasteiger partial charge < -0.3 is 9.84 Å². The summed E-state index contributed by atoms with van der Waals surface area (Å²) >= 11 is 0. The van der Waals surface area contributed by atoms with Crippen molar-refractivity contribution in [1.82, 2.24) is 9.88 Å². The third-order valence-electron chi connectivity index (χ3n) is 4.70. The fourth-order valence-corrected chi connectivity index (χ4v) is 3.40. The Morgan fingerprint density at radius 3 is 2.68 bits per heavy atom. The van der Waals surface area contributed by atoms with E-state index in [0.717, 1.165) is 5.69 Å². The predicted molar refractivity (Wildman–Crippen MR) is 91.0 cm³/mol. The van der Waals surface area contributed by atoms with E-state index in [1.165, 1.54) is 12.1 Å². The normalized spacial score (nSPS) is 17.2. The Hall–Kier alpha value is -2.47. The number of rotatable bonds is 5. The lowest BCUT2D eigenvalue weighted by Gasteiger charge is -2.37. The Morgan fingerprint density at radius 2 is 2.08 bits per heavy atom. The molecule has 25 heavy (non-hydrogen) atoms. The molecule has 0 amide bonds. The maximum Gasteiger partial charge on any atom is 0.306 e. The SMILES string of the molecule is COc1ccc(F)cc1C(c1ccccn1)N1CCC(C(=O)O)CC1. The number of nitrogens with zero attached hydrogens (tertiary/aromatic N) is 2. The molecule has 1 N–H and O–H groups in total. The van der Waals surface area contributed by atoms with E-state index in [9.17, 15) is 14.3 Å². The molecule has 0 aliphatic carbocycles. The van der Waals surface area contributed by atoms with Crippen molar-refractivity contribution in [1.29, 1.82) is 0 Å². The van der Waals surface area contributed by atoms with Crippen LogP contribution in [0.5, 0.6) is 5.75 Å². The van der Waals surface area contributed by atoms with Crippen molar-refractivity contribution < 1.29 is 19.0 Å². The van der Waals surface area contributed by atoms with Crippen LogP contribution in [0.25, 0.3) is 0 Å². The smallest absolute Gasteiger partial charge is 0.306 e. The van der Waals surface area contributed by atoms with Crippen LogP contribution in [0, 0.1) is 11.7 Å². The van der Waals surface area contributed by atoms with Gasteiger partial charge in [0.2, 0.25) is 0 Å². The number of carbonyl (C=O) groups is 1. The maximum atomic E-state index is 13.9. The van der Waals surface area contributed by atoms with Crippen LogP contribution >= 0.6 is 0 Å². The average molecular weight is 344 g/mol. The molecule has 1 aliphatic rings. The number of methoxy groups -OCH3 is 1. The second kappa shape index (κ2) is 7.61. The summed E-state index contributed by atoms with van der Waals surface area (Å²) in [7, 11) is 1.56. The predicted octanol–water partition coefficient (Wildman–Crippen LogP) is 3.12. The van der Waals surface area contributed by atoms with Gasteiger partial charge in [-0.05, 0) is 56.3 Å². The van der Waals surface area contributed by atoms with Gasteiger partial charge in [0, 0.05) is 11.8 Å². The van der Waals surface area contributed by atoms with Gasteiger partial charge in [0.15, 0.2) is 0 Å². The van der Waals surface area contributed by atoms with Crippen molar-refractivity contribution in [3.8, 4) is 5.75 Å². The molecular weight excluding hydrogens is 323 g/mol. The Bertz CT molecular complexity index is 731. The molecule has 1 atom stereocenters. The molecule has 0 radical (unpaired) electrons. The molecule has 2 heterocycles. The number of piperidine rings is 1. The highest BCUT2D eigenvalue weighted by atomic mass is 19.1. The number of aliphatic carboxylic acids is 1. The summed E-state index contributed by atoms with van der Waals surface area (Å²) in [6.07, 6.45) is 2.84. The van der Waals surface area contributed by atoms with Crippen LogP contribution < -0.4 is 4.74 Å². The number of aromatic nitrogens is 1. The molecule has 5 nitrogen and oxygen atoms in total. The number of halogens is 1. The van der Waals surface area contributed by atoms with E-state index < -0.39 is 5.97 Å². The van der Waals surface area contributed by atoms with Gasteiger partial charge in [0.05, 0.1) is 24.8 Å². The second-order valence-electron chi connectivity index (χ2n) is 6.19. The molecule has 132 valence electrons. The van der Waals surface area contributed by atoms with E-state index in [1.807, 2.05) is 18.2 Å². The molecule has 2 aromatic rings. The molecule has 0 spiro atoms. The zero-order valence-corrected chi connectivity index (χ0v) is 14.1. The molecule has 1 fully saturated rings. The van der Waals surface area contributed by atoms with E-state index in [-0.39, 0.29) is 17.8 Å². The van der Waals surface area contributed by atoms with E-state index in [2.05, 4.69) is 9.88 Å². The maximum absolute atomic E-state index is 13.9. The fraction of sp³-hybridized carbons (Fsp3) is 0.368. The Kier molecular flexibility index (Phi) is 5.28. The van der Waals surface area contributed by atoms with Crippen molar-refractivity contribution in [3.05, 3.63) is 59.7 Å². The quantitative estimate of drug-likeness (QED) is 0.903. The average Bonchev–Trinajstić information content (AvgIpc) is 2.63. The Balaban J connectivity index is 1.98. The van der Waals surface area contributed by atoms with Gasteiger partial charge in [-0.1, -0.05) is 6.07 Å². The standard InChI is InChI=1S/C19H21FN2O3/c1-25-17-6-5-14(20)12-15(17)18(16-4-2-3-9-21-16)22-10-7-13(8-11-22)19(23)24/h2-6,9,12-13,18H,7-8,10-11H2,1H3,(H,23,24). The Labute approximate surface area is 146 Å². The van der Waals surface area contributed by atoms with Crippen LogP contribution in [0.15, 0.2) is 42.6 Å². The van der Waals surface area contributed by atoms with Gasteiger partial charge in [-0.2, -0.15) is 0 Å². The molecule has 1 aromatic carbocycles. The summed E-state index contributed by atoms with van der Waals surface area (Å²) < 4.78 is 19.4. The Morgan fingerprint density at radius 1 is 1.32 bits per heavy atom. The first kappa shape index (κ1) is 17.4. The van der Waals surface area contributed by atoms with Crippen molar-refractivity contribution in [2.24, 2.45) is 5.92 Å². The third kappa shape index (κ3) is 3.79. The lowest BCUT2D eigenvalue weighted by molar-refractivity contribution is -0.143. The summed E-state index contributed by atoms with van der Waals surface area (Å²) in [4.78, 5) is 17.8. The topological polar surface area (TPSA) is 62.7 Å². The van der Waals surface area contributed by atoms with Gasteiger partial charge in [0.1, 0.15) is 11.6 Å². The zero-order chi connectivity index (χ0) is 17.8. The highest BCUT2D eigenvalue weighted by Crippen LogP contribution is 2.36. The number of ether oxygens (including phenoxy) is 1. The zero-order valence-electron chi connectivity index (χ0n) is 14.1. The van der Waals surface area contributed by atoms with Crippen LogP contribution in [0.1, 0.15) is 30.1 Å². The molecular formula is C19H21FN2O3. The van der Waals surface area contributed by atoms with Gasteiger partial charge in [-0.3, -0.25) is 14.7 Å². The fourth-order valence-electron chi connectivity index (χ4n) is 3.40. The summed E-state index contributed by atoms with van der Waals surface area (Å²) in [5, 5.41) is 9.22. The van der Waals surface area contributed by atoms with Crippen molar-refractivity contribution >= 4 is 5.97 Å². The first-order valence-electron chi connectivity index (χ1n) is 8.31. The molecule has 0 bridgehead atoms. The van der Waals surface area contributed by atoms with Crippen LogP contribution in [0.4, 0.5) is 4.39 Å². The van der Waals surface area contributed by atoms with E-state index >= 15 is 0 Å². The number of carboxylic acid groups (broad SMARTS) is 1. The number of carboxylic acids is 1. The number of hydrogen-bond acceptors (Lipinski definition) is 4. The minimum Gasteiger partial charge on any atom is -0.496 e. The largest absolute Gasteiger partial charge is 0.496 e. The number of hydrogen-bond donors (Lipinski definition) is 1. The first-order chi connectivity index (χ1) is 12.1. The number of likely N-dealkylation sites (tertiary alicyclic amines) is 1. The highest BCUT2D eigenvalue weighted by Gasteiger charge is 2.32. The van der Waals surface area contributed by atoms with Crippen LogP contribution in [0.3, 0.4) is 0 Å². The summed E-state index contributed by atoms with van der Waals surface area (Å²) in [6, 6.07) is 9.81. The van der Waals surface area contributed by atoms with Gasteiger partial charge >= 0.3 is 5.97 Å². The lowest BCUT2D eigenvalue weighted by Crippen LogP contribution is -2.39.